The van der Waals surface area contributed by atoms with Crippen molar-refractivity contribution in [3.8, 4) is 0 Å². The third-order valence-corrected chi connectivity index (χ3v) is 4.03. The average Bonchev–Trinajstić information content (AvgIpc) is 2.81. The number of hydrogen-bond donors (Lipinski definition) is 1. The maximum absolute atomic E-state index is 12.6. The molecule has 1 aromatic rings. The molecular weight excluding hydrogens is 288 g/mol. The lowest BCUT2D eigenvalue weighted by Gasteiger charge is -2.32. The monoisotopic (exact) mass is 314 g/mol. The summed E-state index contributed by atoms with van der Waals surface area (Å²) in [5.74, 6) is 1.02. The molecule has 0 aromatic carbocycles. The van der Waals surface area contributed by atoms with Gasteiger partial charge in [0.2, 0.25) is 0 Å². The summed E-state index contributed by atoms with van der Waals surface area (Å²) >= 11 is 0. The van der Waals surface area contributed by atoms with E-state index in [1.54, 1.807) is 0 Å². The van der Waals surface area contributed by atoms with Gasteiger partial charge in [-0.2, -0.15) is 5.10 Å². The first-order chi connectivity index (χ1) is 9.52. The highest BCUT2D eigenvalue weighted by atomic mass is 35.5. The molecule has 1 amide bonds. The summed E-state index contributed by atoms with van der Waals surface area (Å²) in [6.07, 6.45) is 2.28. The van der Waals surface area contributed by atoms with Crippen LogP contribution >= 0.6 is 12.4 Å². The SMILES string of the molecule is CNCC1CCCN(C(=O)c2cc(C(C)C)n(C)n2)C1.Cl. The second-order valence-corrected chi connectivity index (χ2v) is 6.05. The Morgan fingerprint density at radius 3 is 2.81 bits per heavy atom. The van der Waals surface area contributed by atoms with Crippen LogP contribution in [0, 0.1) is 5.92 Å². The van der Waals surface area contributed by atoms with Gasteiger partial charge in [0.05, 0.1) is 0 Å². The Balaban J connectivity index is 0.00000220. The fourth-order valence-corrected chi connectivity index (χ4v) is 2.99. The lowest BCUT2D eigenvalue weighted by Crippen LogP contribution is -2.42. The van der Waals surface area contributed by atoms with Crippen LogP contribution in [0.25, 0.3) is 0 Å². The van der Waals surface area contributed by atoms with Crippen molar-refractivity contribution in [2.75, 3.05) is 26.7 Å². The van der Waals surface area contributed by atoms with Gasteiger partial charge in [-0.15, -0.1) is 12.4 Å². The van der Waals surface area contributed by atoms with Gasteiger partial charge in [0.25, 0.3) is 5.91 Å². The summed E-state index contributed by atoms with van der Waals surface area (Å²) < 4.78 is 1.83. The molecule has 2 heterocycles. The summed E-state index contributed by atoms with van der Waals surface area (Å²) in [7, 11) is 3.88. The molecule has 0 spiro atoms. The van der Waals surface area contributed by atoms with Crippen LogP contribution in [0.5, 0.6) is 0 Å². The quantitative estimate of drug-likeness (QED) is 0.925. The van der Waals surface area contributed by atoms with Gasteiger partial charge in [0.1, 0.15) is 0 Å². The minimum absolute atomic E-state index is 0. The van der Waals surface area contributed by atoms with E-state index in [-0.39, 0.29) is 18.3 Å². The molecule has 5 nitrogen and oxygen atoms in total. The third-order valence-electron chi connectivity index (χ3n) is 4.03. The lowest BCUT2D eigenvalue weighted by molar-refractivity contribution is 0.0667. The van der Waals surface area contributed by atoms with Crippen LogP contribution in [0.4, 0.5) is 0 Å². The molecule has 1 N–H and O–H groups in total. The number of halogens is 1. The van der Waals surface area contributed by atoms with Crippen molar-refractivity contribution in [3.63, 3.8) is 0 Å². The fraction of sp³-hybridized carbons (Fsp3) is 0.733. The predicted molar refractivity (Wildman–Crippen MR) is 87.1 cm³/mol. The van der Waals surface area contributed by atoms with Crippen molar-refractivity contribution in [2.24, 2.45) is 13.0 Å². The van der Waals surface area contributed by atoms with Crippen molar-refractivity contribution < 1.29 is 4.79 Å². The molecule has 1 aromatic heterocycles. The molecule has 0 bridgehead atoms. The highest BCUT2D eigenvalue weighted by molar-refractivity contribution is 5.92. The number of aryl methyl sites for hydroxylation is 1. The van der Waals surface area contributed by atoms with Gasteiger partial charge >= 0.3 is 0 Å². The zero-order valence-corrected chi connectivity index (χ0v) is 14.2. The molecule has 0 saturated carbocycles. The van der Waals surface area contributed by atoms with Crippen LogP contribution in [-0.2, 0) is 7.05 Å². The first-order valence-corrected chi connectivity index (χ1v) is 7.50. The van der Waals surface area contributed by atoms with Gasteiger partial charge in [-0.1, -0.05) is 13.8 Å². The van der Waals surface area contributed by atoms with Crippen molar-refractivity contribution in [1.29, 1.82) is 0 Å². The van der Waals surface area contributed by atoms with Crippen molar-refractivity contribution in [1.82, 2.24) is 20.0 Å². The molecule has 0 radical (unpaired) electrons. The Morgan fingerprint density at radius 2 is 2.24 bits per heavy atom. The van der Waals surface area contributed by atoms with E-state index in [1.807, 2.05) is 29.7 Å². The van der Waals surface area contributed by atoms with E-state index in [1.165, 1.54) is 6.42 Å². The number of nitrogens with one attached hydrogen (secondary N) is 1. The first kappa shape index (κ1) is 18.0. The molecule has 0 aliphatic carbocycles. The Bertz CT molecular complexity index is 470. The summed E-state index contributed by atoms with van der Waals surface area (Å²) in [4.78, 5) is 14.5. The minimum atomic E-state index is 0. The number of aromatic nitrogens is 2. The molecule has 1 aliphatic heterocycles. The average molecular weight is 315 g/mol. The second kappa shape index (κ2) is 7.80. The Kier molecular flexibility index (Phi) is 6.68. The zero-order valence-electron chi connectivity index (χ0n) is 13.4. The molecular formula is C15H27ClN4O. The predicted octanol–water partition coefficient (Wildman–Crippen LogP) is 2.04. The number of nitrogens with zero attached hydrogens (tertiary/aromatic N) is 3. The van der Waals surface area contributed by atoms with E-state index in [9.17, 15) is 4.79 Å². The van der Waals surface area contributed by atoms with Crippen LogP contribution in [0.2, 0.25) is 0 Å². The van der Waals surface area contributed by atoms with Gasteiger partial charge in [0.15, 0.2) is 5.69 Å². The van der Waals surface area contributed by atoms with Crippen molar-refractivity contribution >= 4 is 18.3 Å². The van der Waals surface area contributed by atoms with E-state index in [4.69, 9.17) is 0 Å². The van der Waals surface area contributed by atoms with Gasteiger partial charge in [0, 0.05) is 25.8 Å². The number of hydrogen-bond acceptors (Lipinski definition) is 3. The van der Waals surface area contributed by atoms with Crippen LogP contribution in [0.1, 0.15) is 48.8 Å². The number of amides is 1. The van der Waals surface area contributed by atoms with Crippen LogP contribution in [0.15, 0.2) is 6.07 Å². The highest BCUT2D eigenvalue weighted by Crippen LogP contribution is 2.20. The molecule has 21 heavy (non-hydrogen) atoms. The van der Waals surface area contributed by atoms with Gasteiger partial charge < -0.3 is 10.2 Å². The molecule has 6 heteroatoms. The van der Waals surface area contributed by atoms with Crippen LogP contribution < -0.4 is 5.32 Å². The van der Waals surface area contributed by atoms with Gasteiger partial charge in [-0.05, 0) is 44.3 Å². The van der Waals surface area contributed by atoms with Gasteiger partial charge in [-0.3, -0.25) is 9.48 Å². The third kappa shape index (κ3) is 4.20. The summed E-state index contributed by atoms with van der Waals surface area (Å²) in [5.41, 5.74) is 1.69. The summed E-state index contributed by atoms with van der Waals surface area (Å²) in [5, 5.41) is 7.59. The molecule has 1 unspecified atom stereocenters. The second-order valence-electron chi connectivity index (χ2n) is 6.05. The number of piperidine rings is 1. The van der Waals surface area contributed by atoms with Crippen LogP contribution in [0.3, 0.4) is 0 Å². The first-order valence-electron chi connectivity index (χ1n) is 7.50. The molecule has 1 saturated heterocycles. The Labute approximate surface area is 133 Å². The van der Waals surface area contributed by atoms with E-state index in [0.29, 0.717) is 17.5 Å². The van der Waals surface area contributed by atoms with E-state index in [2.05, 4.69) is 24.3 Å². The fourth-order valence-electron chi connectivity index (χ4n) is 2.99. The van der Waals surface area contributed by atoms with E-state index >= 15 is 0 Å². The Hall–Kier alpha value is -1.07. The zero-order chi connectivity index (χ0) is 14.7. The van der Waals surface area contributed by atoms with Crippen molar-refractivity contribution in [3.05, 3.63) is 17.5 Å². The van der Waals surface area contributed by atoms with E-state index < -0.39 is 0 Å². The number of rotatable bonds is 4. The maximum atomic E-state index is 12.6. The minimum Gasteiger partial charge on any atom is -0.337 e. The largest absolute Gasteiger partial charge is 0.337 e. The normalized spacial score (nSPS) is 18.7. The van der Waals surface area contributed by atoms with E-state index in [0.717, 1.165) is 31.7 Å². The summed E-state index contributed by atoms with van der Waals surface area (Å²) in [6, 6.07) is 1.94. The highest BCUT2D eigenvalue weighted by Gasteiger charge is 2.26. The molecule has 1 atom stereocenters. The Morgan fingerprint density at radius 1 is 1.52 bits per heavy atom. The molecule has 1 fully saturated rings. The van der Waals surface area contributed by atoms with Crippen LogP contribution in [-0.4, -0.2) is 47.3 Å². The number of carbonyl (C=O) groups is 1. The molecule has 120 valence electrons. The number of carbonyl (C=O) groups excluding carboxylic acids is 1. The molecule has 1 aliphatic rings. The lowest BCUT2D eigenvalue weighted by atomic mass is 9.98. The van der Waals surface area contributed by atoms with Crippen molar-refractivity contribution in [2.45, 2.75) is 32.6 Å². The summed E-state index contributed by atoms with van der Waals surface area (Å²) in [6.45, 7) is 6.91. The van der Waals surface area contributed by atoms with Gasteiger partial charge in [-0.25, -0.2) is 0 Å². The standard InChI is InChI=1S/C15H26N4O.ClH/c1-11(2)14-8-13(17-18(14)4)15(20)19-7-5-6-12(10-19)9-16-3;/h8,11-12,16H,5-7,9-10H2,1-4H3;1H. The molecule has 2 rings (SSSR count). The smallest absolute Gasteiger partial charge is 0.274 e. The topological polar surface area (TPSA) is 50.2 Å². The number of likely N-dealkylation sites (tertiary alicyclic amines) is 1. The maximum Gasteiger partial charge on any atom is 0.274 e.